The van der Waals surface area contributed by atoms with Crippen LogP contribution in [0.2, 0.25) is 0 Å². The summed E-state index contributed by atoms with van der Waals surface area (Å²) in [5.41, 5.74) is 12.2. The van der Waals surface area contributed by atoms with Crippen molar-refractivity contribution in [1.82, 2.24) is 0 Å². The zero-order valence-electron chi connectivity index (χ0n) is 26.3. The van der Waals surface area contributed by atoms with Gasteiger partial charge < -0.3 is 4.90 Å². The van der Waals surface area contributed by atoms with Crippen molar-refractivity contribution in [2.75, 3.05) is 4.90 Å². The molecule has 9 rings (SSSR count). The Bertz CT molecular complexity index is 2400. The molecule has 0 radical (unpaired) electrons. The van der Waals surface area contributed by atoms with Gasteiger partial charge in [0.15, 0.2) is 0 Å². The lowest BCUT2D eigenvalue weighted by atomic mass is 9.74. The number of hydrogen-bond donors (Lipinski definition) is 0. The van der Waals surface area contributed by atoms with Crippen LogP contribution in [0.4, 0.5) is 17.1 Å². The predicted octanol–water partition coefficient (Wildman–Crippen LogP) is 12.5. The van der Waals surface area contributed by atoms with Crippen molar-refractivity contribution in [1.29, 1.82) is 0 Å². The highest BCUT2D eigenvalue weighted by Crippen LogP contribution is 2.53. The molecule has 1 aliphatic carbocycles. The first-order valence-electron chi connectivity index (χ1n) is 16.4. The highest BCUT2D eigenvalue weighted by Gasteiger charge is 2.40. The molecular weight excluding hydrogens is 567 g/mol. The van der Waals surface area contributed by atoms with Gasteiger partial charge in [-0.1, -0.05) is 152 Å². The van der Waals surface area contributed by atoms with E-state index in [4.69, 9.17) is 0 Å². The van der Waals surface area contributed by atoms with Gasteiger partial charge in [0.25, 0.3) is 0 Å². The van der Waals surface area contributed by atoms with E-state index in [-0.39, 0.29) is 5.41 Å². The summed E-state index contributed by atoms with van der Waals surface area (Å²) in [5, 5.41) is 4.96. The monoisotopic (exact) mass is 599 g/mol. The Hall–Kier alpha value is -5.92. The third-order valence-electron chi connectivity index (χ3n) is 10.1. The van der Waals surface area contributed by atoms with E-state index in [2.05, 4.69) is 194 Å². The van der Waals surface area contributed by atoms with E-state index >= 15 is 0 Å². The molecule has 0 unspecified atom stereocenters. The summed E-state index contributed by atoms with van der Waals surface area (Å²) in [7, 11) is 0. The Morgan fingerprint density at radius 2 is 0.915 bits per heavy atom. The number of fused-ring (bicyclic) bond motifs is 5. The Morgan fingerprint density at radius 1 is 0.404 bits per heavy atom. The minimum atomic E-state index is -0.279. The van der Waals surface area contributed by atoms with E-state index in [9.17, 15) is 0 Å². The third kappa shape index (κ3) is 4.31. The van der Waals surface area contributed by atoms with Crippen LogP contribution in [0.5, 0.6) is 0 Å². The van der Waals surface area contributed by atoms with Gasteiger partial charge in [-0.15, -0.1) is 0 Å². The maximum Gasteiger partial charge on any atom is 0.0540 e. The number of benzene rings is 8. The SMILES string of the molecule is CC1(c2cccc(N(c3cccc(-c4cccc5ccccc45)c3)c3cccc4ccccc34)c2)c2ccccc2-c2ccccc21. The number of rotatable bonds is 5. The molecule has 47 heavy (non-hydrogen) atoms. The van der Waals surface area contributed by atoms with Crippen molar-refractivity contribution in [3.63, 3.8) is 0 Å². The first-order chi connectivity index (χ1) is 23.2. The maximum absolute atomic E-state index is 2.44. The summed E-state index contributed by atoms with van der Waals surface area (Å²) < 4.78 is 0. The normalized spacial score (nSPS) is 13.0. The van der Waals surface area contributed by atoms with Crippen LogP contribution in [0.25, 0.3) is 43.8 Å². The van der Waals surface area contributed by atoms with E-state index in [1.807, 2.05) is 0 Å². The van der Waals surface area contributed by atoms with Gasteiger partial charge in [-0.3, -0.25) is 0 Å². The standard InChI is InChI=1S/C46H33N/c1-46(43-27-8-6-24-41(43)42-25-7-9-28-44(42)46)35-19-13-21-37(31-35)47(45-29-12-17-33-15-3-5-23-40(33)45)36-20-10-18-34(30-36)39-26-11-16-32-14-2-4-22-38(32)39/h2-31H,1H3. The van der Waals surface area contributed by atoms with E-state index in [0.29, 0.717) is 0 Å². The third-order valence-corrected chi connectivity index (χ3v) is 10.1. The lowest BCUT2D eigenvalue weighted by molar-refractivity contribution is 0.714. The number of anilines is 3. The molecule has 8 aromatic carbocycles. The van der Waals surface area contributed by atoms with E-state index in [1.54, 1.807) is 0 Å². The smallest absolute Gasteiger partial charge is 0.0540 e. The molecule has 1 heteroatoms. The second-order valence-electron chi connectivity index (χ2n) is 12.7. The van der Waals surface area contributed by atoms with Crippen molar-refractivity contribution in [2.24, 2.45) is 0 Å². The zero-order chi connectivity index (χ0) is 31.4. The largest absolute Gasteiger partial charge is 0.310 e. The van der Waals surface area contributed by atoms with Crippen molar-refractivity contribution < 1.29 is 0 Å². The van der Waals surface area contributed by atoms with Crippen LogP contribution in [-0.4, -0.2) is 0 Å². The van der Waals surface area contributed by atoms with E-state index < -0.39 is 0 Å². The molecule has 8 aromatic rings. The van der Waals surface area contributed by atoms with Crippen LogP contribution >= 0.6 is 0 Å². The Morgan fingerprint density at radius 3 is 1.66 bits per heavy atom. The average Bonchev–Trinajstić information content (AvgIpc) is 3.41. The summed E-state index contributed by atoms with van der Waals surface area (Å²) in [5.74, 6) is 0. The van der Waals surface area contributed by atoms with Gasteiger partial charge in [0.05, 0.1) is 5.69 Å². The molecule has 0 aromatic heterocycles. The van der Waals surface area contributed by atoms with Gasteiger partial charge in [0.2, 0.25) is 0 Å². The van der Waals surface area contributed by atoms with Crippen LogP contribution in [-0.2, 0) is 5.41 Å². The fourth-order valence-corrected chi connectivity index (χ4v) is 7.84. The first-order valence-corrected chi connectivity index (χ1v) is 16.4. The summed E-state index contributed by atoms with van der Waals surface area (Å²) in [4.78, 5) is 2.44. The minimum absolute atomic E-state index is 0.279. The van der Waals surface area contributed by atoms with E-state index in [0.717, 1.165) is 17.1 Å². The molecule has 0 N–H and O–H groups in total. The summed E-state index contributed by atoms with van der Waals surface area (Å²) >= 11 is 0. The molecule has 1 aliphatic rings. The molecule has 0 heterocycles. The van der Waals surface area contributed by atoms with Crippen LogP contribution < -0.4 is 4.90 Å². The highest BCUT2D eigenvalue weighted by molar-refractivity contribution is 6.01. The minimum Gasteiger partial charge on any atom is -0.310 e. The van der Waals surface area contributed by atoms with Crippen molar-refractivity contribution in [3.05, 3.63) is 199 Å². The molecule has 222 valence electrons. The molecule has 0 fully saturated rings. The Labute approximate surface area is 276 Å². The van der Waals surface area contributed by atoms with Crippen LogP contribution in [0, 0.1) is 0 Å². The van der Waals surface area contributed by atoms with Gasteiger partial charge in [-0.05, 0) is 92.4 Å². The second kappa shape index (κ2) is 10.9. The van der Waals surface area contributed by atoms with Gasteiger partial charge >= 0.3 is 0 Å². The lowest BCUT2D eigenvalue weighted by Gasteiger charge is -2.32. The van der Waals surface area contributed by atoms with Gasteiger partial charge in [-0.25, -0.2) is 0 Å². The molecular formula is C46H33N. The maximum atomic E-state index is 2.44. The first kappa shape index (κ1) is 27.4. The Balaban J connectivity index is 1.27. The summed E-state index contributed by atoms with van der Waals surface area (Å²) in [6, 6.07) is 66.6. The summed E-state index contributed by atoms with van der Waals surface area (Å²) in [6.07, 6.45) is 0. The number of hydrogen-bond acceptors (Lipinski definition) is 1. The van der Waals surface area contributed by atoms with Crippen LogP contribution in [0.3, 0.4) is 0 Å². The highest BCUT2D eigenvalue weighted by atomic mass is 15.1. The molecule has 0 spiro atoms. The van der Waals surface area contributed by atoms with Gasteiger partial charge in [-0.2, -0.15) is 0 Å². The molecule has 0 aliphatic heterocycles. The molecule has 0 saturated carbocycles. The fraction of sp³-hybridized carbons (Fsp3) is 0.0435. The van der Waals surface area contributed by atoms with Crippen LogP contribution in [0.1, 0.15) is 23.6 Å². The van der Waals surface area contributed by atoms with Crippen molar-refractivity contribution >= 4 is 38.6 Å². The van der Waals surface area contributed by atoms with Crippen LogP contribution in [0.15, 0.2) is 182 Å². The molecule has 0 atom stereocenters. The number of nitrogens with zero attached hydrogens (tertiary/aromatic N) is 1. The lowest BCUT2D eigenvalue weighted by Crippen LogP contribution is -2.23. The van der Waals surface area contributed by atoms with Crippen molar-refractivity contribution in [3.8, 4) is 22.3 Å². The Kier molecular flexibility index (Phi) is 6.33. The molecule has 1 nitrogen and oxygen atoms in total. The molecule has 0 bridgehead atoms. The van der Waals surface area contributed by atoms with E-state index in [1.165, 1.54) is 60.5 Å². The quantitative estimate of drug-likeness (QED) is 0.190. The molecule has 0 saturated heterocycles. The fourth-order valence-electron chi connectivity index (χ4n) is 7.84. The summed E-state index contributed by atoms with van der Waals surface area (Å²) in [6.45, 7) is 2.39. The zero-order valence-corrected chi connectivity index (χ0v) is 26.3. The van der Waals surface area contributed by atoms with Gasteiger partial charge in [0, 0.05) is 22.2 Å². The predicted molar refractivity (Wildman–Crippen MR) is 199 cm³/mol. The molecule has 0 amide bonds. The van der Waals surface area contributed by atoms with Crippen molar-refractivity contribution in [2.45, 2.75) is 12.3 Å². The average molecular weight is 600 g/mol. The second-order valence-corrected chi connectivity index (χ2v) is 12.7. The topological polar surface area (TPSA) is 3.24 Å². The van der Waals surface area contributed by atoms with Gasteiger partial charge in [0.1, 0.15) is 0 Å².